The number of carbonyl (C=O) groups is 1. The molecule has 13 heteroatoms. The van der Waals surface area contributed by atoms with Crippen molar-refractivity contribution in [3.8, 4) is 17.1 Å². The number of piperidine rings is 1. The molecule has 3 aliphatic heterocycles. The summed E-state index contributed by atoms with van der Waals surface area (Å²) < 4.78 is 31.0. The number of sulfone groups is 1. The van der Waals surface area contributed by atoms with Gasteiger partial charge in [-0.25, -0.2) is 23.4 Å². The Bertz CT molecular complexity index is 1490. The fourth-order valence-corrected chi connectivity index (χ4v) is 7.41. The van der Waals surface area contributed by atoms with E-state index in [9.17, 15) is 13.2 Å². The number of hydrogen-bond donors (Lipinski definition) is 1. The van der Waals surface area contributed by atoms with Crippen LogP contribution < -0.4 is 15.0 Å². The minimum absolute atomic E-state index is 0.0975. The van der Waals surface area contributed by atoms with Crippen LogP contribution in [0.15, 0.2) is 36.8 Å². The van der Waals surface area contributed by atoms with E-state index >= 15 is 0 Å². The van der Waals surface area contributed by atoms with Gasteiger partial charge in [0.25, 0.3) is 0 Å². The van der Waals surface area contributed by atoms with E-state index < -0.39 is 9.84 Å². The lowest BCUT2D eigenvalue weighted by Gasteiger charge is -2.54. The molecule has 6 rings (SSSR count). The molecule has 12 nitrogen and oxygen atoms in total. The number of amides is 1. The Kier molecular flexibility index (Phi) is 6.40. The first kappa shape index (κ1) is 25.5. The van der Waals surface area contributed by atoms with Crippen LogP contribution in [-0.2, 0) is 14.6 Å². The highest BCUT2D eigenvalue weighted by molar-refractivity contribution is 7.91. The number of rotatable bonds is 6. The summed E-state index contributed by atoms with van der Waals surface area (Å²) in [4.78, 5) is 29.9. The van der Waals surface area contributed by atoms with E-state index in [0.29, 0.717) is 35.2 Å². The highest BCUT2D eigenvalue weighted by Crippen LogP contribution is 2.43. The monoisotopic (exact) mass is 552 g/mol. The van der Waals surface area contributed by atoms with Crippen LogP contribution in [0.25, 0.3) is 11.4 Å². The number of nitrogens with one attached hydrogen (secondary N) is 1. The number of anilines is 3. The zero-order chi connectivity index (χ0) is 27.2. The molecule has 1 unspecified atom stereocenters. The van der Waals surface area contributed by atoms with E-state index in [-0.39, 0.29) is 28.9 Å². The summed E-state index contributed by atoms with van der Waals surface area (Å²) in [6, 6.07) is 5.30. The van der Waals surface area contributed by atoms with E-state index in [1.165, 1.54) is 0 Å². The third-order valence-corrected chi connectivity index (χ3v) is 9.77. The van der Waals surface area contributed by atoms with Gasteiger partial charge in [0.05, 0.1) is 36.4 Å². The van der Waals surface area contributed by atoms with E-state index in [1.54, 1.807) is 43.2 Å². The highest BCUT2D eigenvalue weighted by Gasteiger charge is 2.46. The second-order valence-electron chi connectivity index (χ2n) is 10.8. The van der Waals surface area contributed by atoms with Gasteiger partial charge in [-0.1, -0.05) is 0 Å². The van der Waals surface area contributed by atoms with Crippen LogP contribution in [0.2, 0.25) is 0 Å². The molecule has 3 aromatic heterocycles. The SMILES string of the molecule is COc1ccnc(Nc2cc(N3CC4(CCN(C(C)=O)CC4)C3)nc(-c3cnn(C4CCS(=O)(=O)C4)c3)n2)c1. The van der Waals surface area contributed by atoms with Gasteiger partial charge in [0.2, 0.25) is 5.91 Å². The third kappa shape index (κ3) is 5.27. The van der Waals surface area contributed by atoms with Gasteiger partial charge in [0.15, 0.2) is 15.7 Å². The van der Waals surface area contributed by atoms with Crippen LogP contribution >= 0.6 is 0 Å². The van der Waals surface area contributed by atoms with Gasteiger partial charge in [-0.05, 0) is 25.3 Å². The van der Waals surface area contributed by atoms with Crippen LogP contribution in [0, 0.1) is 5.41 Å². The summed E-state index contributed by atoms with van der Waals surface area (Å²) in [6.07, 6.45) is 7.69. The Balaban J connectivity index is 1.27. The number of hydrogen-bond acceptors (Lipinski definition) is 10. The van der Waals surface area contributed by atoms with Crippen molar-refractivity contribution in [1.29, 1.82) is 0 Å². The summed E-state index contributed by atoms with van der Waals surface area (Å²) in [7, 11) is -1.42. The van der Waals surface area contributed by atoms with Crippen molar-refractivity contribution >= 4 is 33.2 Å². The number of carbonyl (C=O) groups excluding carboxylic acids is 1. The standard InChI is InChI=1S/C26H32N8O4S/c1-18(35)32-8-5-26(6-9-32)16-33(17-26)24-12-23(29-22-11-21(38-2)3-7-27-22)30-25(31-24)19-13-28-34(14-19)20-4-10-39(36,37)15-20/h3,7,11-14,20H,4-6,8-10,15-17H2,1-2H3,(H,27,29,30,31). The van der Waals surface area contributed by atoms with E-state index in [2.05, 4.69) is 20.3 Å². The van der Waals surface area contributed by atoms with Crippen LogP contribution in [0.5, 0.6) is 5.75 Å². The third-order valence-electron chi connectivity index (χ3n) is 8.02. The predicted molar refractivity (Wildman–Crippen MR) is 146 cm³/mol. The second-order valence-corrected chi connectivity index (χ2v) is 13.0. The van der Waals surface area contributed by atoms with Crippen LogP contribution in [0.1, 0.15) is 32.2 Å². The number of aromatic nitrogens is 5. The number of methoxy groups -OCH3 is 1. The Morgan fingerprint density at radius 1 is 1.15 bits per heavy atom. The summed E-state index contributed by atoms with van der Waals surface area (Å²) in [6.45, 7) is 4.95. The molecule has 0 aliphatic carbocycles. The molecule has 3 fully saturated rings. The molecule has 206 valence electrons. The second kappa shape index (κ2) is 9.78. The van der Waals surface area contributed by atoms with Gasteiger partial charge in [-0.15, -0.1) is 0 Å². The van der Waals surface area contributed by atoms with Gasteiger partial charge in [0, 0.05) is 63.0 Å². The Morgan fingerprint density at radius 2 is 1.95 bits per heavy atom. The fourth-order valence-electron chi connectivity index (χ4n) is 5.70. The molecule has 1 amide bonds. The first-order chi connectivity index (χ1) is 18.7. The molecule has 6 heterocycles. The summed E-state index contributed by atoms with van der Waals surface area (Å²) in [5, 5.41) is 7.73. The van der Waals surface area contributed by atoms with Crippen molar-refractivity contribution in [3.05, 3.63) is 36.8 Å². The molecule has 3 aromatic rings. The smallest absolute Gasteiger partial charge is 0.219 e. The number of likely N-dealkylation sites (tertiary alicyclic amines) is 1. The molecular weight excluding hydrogens is 520 g/mol. The van der Waals surface area contributed by atoms with Crippen molar-refractivity contribution in [3.63, 3.8) is 0 Å². The molecule has 3 aliphatic rings. The molecule has 1 spiro atoms. The average Bonchev–Trinajstić information content (AvgIpc) is 3.54. The van der Waals surface area contributed by atoms with Crippen LogP contribution in [0.4, 0.5) is 17.5 Å². The lowest BCUT2D eigenvalue weighted by Crippen LogP contribution is -2.61. The molecule has 0 bridgehead atoms. The topological polar surface area (TPSA) is 135 Å². The van der Waals surface area contributed by atoms with Gasteiger partial charge in [-0.2, -0.15) is 5.10 Å². The molecule has 39 heavy (non-hydrogen) atoms. The Labute approximate surface area is 227 Å². The van der Waals surface area contributed by atoms with Crippen molar-refractivity contribution in [2.24, 2.45) is 5.41 Å². The molecule has 0 saturated carbocycles. The van der Waals surface area contributed by atoms with E-state index in [1.807, 2.05) is 17.2 Å². The zero-order valence-corrected chi connectivity index (χ0v) is 22.9. The molecule has 3 saturated heterocycles. The van der Waals surface area contributed by atoms with Crippen molar-refractivity contribution in [2.45, 2.75) is 32.2 Å². The minimum Gasteiger partial charge on any atom is -0.497 e. The fraction of sp³-hybridized carbons (Fsp3) is 0.500. The largest absolute Gasteiger partial charge is 0.497 e. The van der Waals surface area contributed by atoms with Crippen molar-refractivity contribution in [1.82, 2.24) is 29.6 Å². The van der Waals surface area contributed by atoms with Crippen LogP contribution in [0.3, 0.4) is 0 Å². The van der Waals surface area contributed by atoms with Gasteiger partial charge in [0.1, 0.15) is 23.2 Å². The lowest BCUT2D eigenvalue weighted by atomic mass is 9.72. The predicted octanol–water partition coefficient (Wildman–Crippen LogP) is 2.30. The zero-order valence-electron chi connectivity index (χ0n) is 22.1. The van der Waals surface area contributed by atoms with E-state index in [4.69, 9.17) is 14.7 Å². The van der Waals surface area contributed by atoms with Gasteiger partial charge < -0.3 is 19.9 Å². The normalized spacial score (nSPS) is 21.5. The number of pyridine rings is 1. The number of nitrogens with zero attached hydrogens (tertiary/aromatic N) is 7. The summed E-state index contributed by atoms with van der Waals surface area (Å²) in [5.74, 6) is 3.56. The van der Waals surface area contributed by atoms with Crippen molar-refractivity contribution < 1.29 is 17.9 Å². The first-order valence-electron chi connectivity index (χ1n) is 13.1. The summed E-state index contributed by atoms with van der Waals surface area (Å²) in [5.41, 5.74) is 0.908. The summed E-state index contributed by atoms with van der Waals surface area (Å²) >= 11 is 0. The Morgan fingerprint density at radius 3 is 2.64 bits per heavy atom. The van der Waals surface area contributed by atoms with Crippen LogP contribution in [-0.4, -0.2) is 88.8 Å². The van der Waals surface area contributed by atoms with Crippen molar-refractivity contribution in [2.75, 3.05) is 55.0 Å². The quantitative estimate of drug-likeness (QED) is 0.485. The molecule has 1 atom stereocenters. The van der Waals surface area contributed by atoms with Gasteiger partial charge in [-0.3, -0.25) is 9.48 Å². The molecule has 0 aromatic carbocycles. The maximum absolute atomic E-state index is 12.0. The molecule has 1 N–H and O–H groups in total. The lowest BCUT2D eigenvalue weighted by molar-refractivity contribution is -0.131. The maximum Gasteiger partial charge on any atom is 0.219 e. The van der Waals surface area contributed by atoms with E-state index in [0.717, 1.165) is 44.8 Å². The van der Waals surface area contributed by atoms with Gasteiger partial charge >= 0.3 is 0 Å². The Hall–Kier alpha value is -3.74. The minimum atomic E-state index is -3.03. The molecular formula is C26H32N8O4S. The molecule has 0 radical (unpaired) electrons. The number of ether oxygens (including phenoxy) is 1. The average molecular weight is 553 g/mol. The highest BCUT2D eigenvalue weighted by atomic mass is 32.2. The first-order valence-corrected chi connectivity index (χ1v) is 14.9. The maximum atomic E-state index is 12.0.